The molecule has 9 heteroatoms. The molecule has 0 amide bonds. The number of nitrogens with zero attached hydrogens (tertiary/aromatic N) is 4. The van der Waals surface area contributed by atoms with Crippen LogP contribution in [0.15, 0.2) is 53.8 Å². The first kappa shape index (κ1) is 20.7. The summed E-state index contributed by atoms with van der Waals surface area (Å²) in [6.45, 7) is 2.97. The Morgan fingerprint density at radius 3 is 2.30 bits per heavy atom. The van der Waals surface area contributed by atoms with Crippen LogP contribution in [0.4, 0.5) is 13.2 Å². The van der Waals surface area contributed by atoms with Gasteiger partial charge in [-0.05, 0) is 24.1 Å². The second-order valence-electron chi connectivity index (χ2n) is 5.76. The van der Waals surface area contributed by atoms with Gasteiger partial charge in [-0.3, -0.25) is 4.98 Å². The zero-order chi connectivity index (χ0) is 19.7. The number of rotatable bonds is 4. The molecular formula is C18H19F3N4O2. The molecule has 6 nitrogen and oxygen atoms in total. The maximum absolute atomic E-state index is 12.4. The first-order valence-corrected chi connectivity index (χ1v) is 8.22. The lowest BCUT2D eigenvalue weighted by Gasteiger charge is -2.16. The predicted molar refractivity (Wildman–Crippen MR) is 92.6 cm³/mol. The first-order chi connectivity index (χ1) is 12.9. The molecule has 0 aliphatic carbocycles. The number of pyridine rings is 1. The van der Waals surface area contributed by atoms with Crippen LogP contribution in [-0.2, 0) is 15.7 Å². The van der Waals surface area contributed by atoms with Gasteiger partial charge in [0.2, 0.25) is 0 Å². The van der Waals surface area contributed by atoms with Crippen molar-refractivity contribution < 1.29 is 22.6 Å². The molecular weight excluding hydrogens is 361 g/mol. The molecule has 0 radical (unpaired) electrons. The summed E-state index contributed by atoms with van der Waals surface area (Å²) < 4.78 is 47.7. The lowest BCUT2D eigenvalue weighted by atomic mass is 10.1. The van der Waals surface area contributed by atoms with Gasteiger partial charge in [0.15, 0.2) is 6.29 Å². The van der Waals surface area contributed by atoms with Crippen molar-refractivity contribution in [1.29, 1.82) is 0 Å². The molecule has 2 heterocycles. The minimum atomic E-state index is -4.50. The van der Waals surface area contributed by atoms with Gasteiger partial charge in [-0.25, -0.2) is 0 Å². The Morgan fingerprint density at radius 2 is 1.85 bits per heavy atom. The standard InChI is InChI=1S/C11H11F3N4O2.C7H8/c12-11(13,14)9-2-1-7(6-16-9)8(17-18-15)5-10-19-3-4-20-10;1-7-5-3-2-4-6-7/h1-2,6,8,10H,3-5H2;2-6H,1H3. The van der Waals surface area contributed by atoms with E-state index in [1.165, 1.54) is 11.6 Å². The Bertz CT molecular complexity index is 741. The zero-order valence-electron chi connectivity index (χ0n) is 14.6. The fourth-order valence-electron chi connectivity index (χ4n) is 2.34. The van der Waals surface area contributed by atoms with Gasteiger partial charge >= 0.3 is 6.18 Å². The second kappa shape index (κ2) is 9.91. The van der Waals surface area contributed by atoms with Crippen LogP contribution < -0.4 is 0 Å². The van der Waals surface area contributed by atoms with Crippen molar-refractivity contribution in [2.45, 2.75) is 31.9 Å². The summed E-state index contributed by atoms with van der Waals surface area (Å²) in [6.07, 6.45) is -3.73. The molecule has 1 aliphatic heterocycles. The van der Waals surface area contributed by atoms with Gasteiger partial charge in [0.25, 0.3) is 0 Å². The van der Waals surface area contributed by atoms with E-state index in [1.807, 2.05) is 18.2 Å². The van der Waals surface area contributed by atoms with E-state index < -0.39 is 24.2 Å². The largest absolute Gasteiger partial charge is 0.433 e. The summed E-state index contributed by atoms with van der Waals surface area (Å²) >= 11 is 0. The van der Waals surface area contributed by atoms with Gasteiger partial charge < -0.3 is 9.47 Å². The van der Waals surface area contributed by atoms with Crippen LogP contribution in [0.3, 0.4) is 0 Å². The Kier molecular flexibility index (Phi) is 7.60. The van der Waals surface area contributed by atoms with Crippen LogP contribution in [0.25, 0.3) is 10.4 Å². The molecule has 0 bridgehead atoms. The summed E-state index contributed by atoms with van der Waals surface area (Å²) in [5.41, 5.74) is 9.25. The molecule has 1 saturated heterocycles. The van der Waals surface area contributed by atoms with Crippen LogP contribution in [-0.4, -0.2) is 24.5 Å². The Morgan fingerprint density at radius 1 is 1.19 bits per heavy atom. The van der Waals surface area contributed by atoms with Crippen molar-refractivity contribution >= 4 is 0 Å². The van der Waals surface area contributed by atoms with Crippen molar-refractivity contribution in [3.63, 3.8) is 0 Å². The molecule has 0 saturated carbocycles. The van der Waals surface area contributed by atoms with E-state index in [2.05, 4.69) is 34.1 Å². The minimum Gasteiger partial charge on any atom is -0.350 e. The average Bonchev–Trinajstić information content (AvgIpc) is 3.15. The molecule has 1 fully saturated rings. The van der Waals surface area contributed by atoms with E-state index in [1.54, 1.807) is 0 Å². The molecule has 27 heavy (non-hydrogen) atoms. The van der Waals surface area contributed by atoms with E-state index in [-0.39, 0.29) is 6.42 Å². The number of ether oxygens (including phenoxy) is 2. The number of hydrogen-bond donors (Lipinski definition) is 0. The maximum atomic E-state index is 12.4. The molecule has 1 atom stereocenters. The van der Waals surface area contributed by atoms with E-state index in [9.17, 15) is 13.2 Å². The van der Waals surface area contributed by atoms with Crippen LogP contribution in [0.1, 0.15) is 29.3 Å². The summed E-state index contributed by atoms with van der Waals surface area (Å²) in [5, 5.41) is 3.55. The van der Waals surface area contributed by atoms with E-state index in [4.69, 9.17) is 15.0 Å². The van der Waals surface area contributed by atoms with Gasteiger partial charge in [0, 0.05) is 17.5 Å². The van der Waals surface area contributed by atoms with Crippen LogP contribution in [0, 0.1) is 6.92 Å². The third kappa shape index (κ3) is 6.90. The number of aromatic nitrogens is 1. The smallest absolute Gasteiger partial charge is 0.350 e. The second-order valence-corrected chi connectivity index (χ2v) is 5.76. The molecule has 1 aromatic heterocycles. The highest BCUT2D eigenvalue weighted by Gasteiger charge is 2.32. The van der Waals surface area contributed by atoms with Gasteiger partial charge in [-0.2, -0.15) is 13.2 Å². The topological polar surface area (TPSA) is 80.1 Å². The highest BCUT2D eigenvalue weighted by molar-refractivity contribution is 5.19. The highest BCUT2D eigenvalue weighted by Crippen LogP contribution is 2.30. The van der Waals surface area contributed by atoms with Crippen molar-refractivity contribution in [2.75, 3.05) is 13.2 Å². The quantitative estimate of drug-likeness (QED) is 0.415. The first-order valence-electron chi connectivity index (χ1n) is 8.22. The fourth-order valence-corrected chi connectivity index (χ4v) is 2.34. The molecule has 3 rings (SSSR count). The monoisotopic (exact) mass is 380 g/mol. The highest BCUT2D eigenvalue weighted by atomic mass is 19.4. The molecule has 144 valence electrons. The molecule has 1 aliphatic rings. The van der Waals surface area contributed by atoms with Crippen LogP contribution in [0.2, 0.25) is 0 Å². The van der Waals surface area contributed by atoms with Crippen LogP contribution in [0.5, 0.6) is 0 Å². The van der Waals surface area contributed by atoms with Crippen molar-refractivity contribution in [2.24, 2.45) is 5.11 Å². The fraction of sp³-hybridized carbons (Fsp3) is 0.389. The maximum Gasteiger partial charge on any atom is 0.433 e. The third-order valence-corrected chi connectivity index (χ3v) is 3.70. The molecule has 0 spiro atoms. The lowest BCUT2D eigenvalue weighted by molar-refractivity contribution is -0.141. The third-order valence-electron chi connectivity index (χ3n) is 3.70. The number of halogens is 3. The normalized spacial score (nSPS) is 15.4. The molecule has 1 aromatic carbocycles. The van der Waals surface area contributed by atoms with Gasteiger partial charge in [0.1, 0.15) is 5.69 Å². The minimum absolute atomic E-state index is 0.233. The Labute approximate surface area is 154 Å². The number of hydrogen-bond acceptors (Lipinski definition) is 4. The summed E-state index contributed by atoms with van der Waals surface area (Å²) in [5.74, 6) is 0. The van der Waals surface area contributed by atoms with E-state index in [0.29, 0.717) is 18.8 Å². The molecule has 2 aromatic rings. The molecule has 1 unspecified atom stereocenters. The summed E-state index contributed by atoms with van der Waals surface area (Å²) in [6, 6.07) is 11.7. The lowest BCUT2D eigenvalue weighted by Crippen LogP contribution is -2.13. The number of azide groups is 1. The summed E-state index contributed by atoms with van der Waals surface area (Å²) in [4.78, 5) is 6.03. The Balaban J connectivity index is 0.000000313. The average molecular weight is 380 g/mol. The van der Waals surface area contributed by atoms with Crippen molar-refractivity contribution in [3.8, 4) is 0 Å². The zero-order valence-corrected chi connectivity index (χ0v) is 14.6. The molecule has 0 N–H and O–H groups in total. The van der Waals surface area contributed by atoms with Crippen LogP contribution >= 0.6 is 0 Å². The number of alkyl halides is 3. The number of benzene rings is 1. The number of aryl methyl sites for hydroxylation is 1. The van der Waals surface area contributed by atoms with Gasteiger partial charge in [-0.15, -0.1) is 0 Å². The summed E-state index contributed by atoms with van der Waals surface area (Å²) in [7, 11) is 0. The SMILES string of the molecule is Cc1ccccc1.[N-]=[N+]=NC(CC1OCCO1)c1ccc(C(F)(F)F)nc1. The van der Waals surface area contributed by atoms with Gasteiger partial charge in [-0.1, -0.05) is 47.1 Å². The van der Waals surface area contributed by atoms with Gasteiger partial charge in [0.05, 0.1) is 19.3 Å². The van der Waals surface area contributed by atoms with Crippen molar-refractivity contribution in [3.05, 3.63) is 75.9 Å². The van der Waals surface area contributed by atoms with E-state index >= 15 is 0 Å². The Hall–Kier alpha value is -2.61. The van der Waals surface area contributed by atoms with E-state index in [0.717, 1.165) is 12.3 Å². The van der Waals surface area contributed by atoms with Crippen molar-refractivity contribution in [1.82, 2.24) is 4.98 Å². The predicted octanol–water partition coefficient (Wildman–Crippen LogP) is 5.21.